The molecule has 0 saturated heterocycles. The molecule has 0 aromatic heterocycles. The van der Waals surface area contributed by atoms with E-state index >= 15 is 0 Å². The van der Waals surface area contributed by atoms with Gasteiger partial charge in [-0.15, -0.1) is 0 Å². The number of ether oxygens (including phenoxy) is 3. The number of nitrogens with zero attached hydrogens (tertiary/aromatic N) is 1. The van der Waals surface area contributed by atoms with Gasteiger partial charge in [0.1, 0.15) is 23.7 Å². The lowest BCUT2D eigenvalue weighted by molar-refractivity contribution is -0.385. The zero-order valence-electron chi connectivity index (χ0n) is 17.5. The summed E-state index contributed by atoms with van der Waals surface area (Å²) in [5.41, 5.74) is -1.91. The Hall–Kier alpha value is -3.18. The lowest BCUT2D eigenvalue weighted by atomic mass is 10.1. The fraction of sp³-hybridized carbons (Fsp3) is 0.333. The molecule has 2 aromatic carbocycles. The minimum absolute atomic E-state index is 0.0824. The van der Waals surface area contributed by atoms with Gasteiger partial charge < -0.3 is 14.2 Å². The summed E-state index contributed by atoms with van der Waals surface area (Å²) in [5.74, 6) is -1.74. The molecule has 0 spiro atoms. The summed E-state index contributed by atoms with van der Waals surface area (Å²) in [7, 11) is 0. The van der Waals surface area contributed by atoms with E-state index in [1.807, 2.05) is 0 Å². The highest BCUT2D eigenvalue weighted by molar-refractivity contribution is 6.32. The minimum Gasteiger partial charge on any atom is -0.464 e. The molecule has 33 heavy (non-hydrogen) atoms. The number of nitro groups is 1. The third-order valence-corrected chi connectivity index (χ3v) is 4.49. The van der Waals surface area contributed by atoms with Gasteiger partial charge in [0.2, 0.25) is 0 Å². The molecule has 0 fully saturated rings. The number of carbonyl (C=O) groups is 2. The van der Waals surface area contributed by atoms with Crippen LogP contribution >= 0.6 is 11.6 Å². The highest BCUT2D eigenvalue weighted by Crippen LogP contribution is 2.37. The third kappa shape index (κ3) is 7.16. The Morgan fingerprint density at radius 1 is 1.18 bits per heavy atom. The van der Waals surface area contributed by atoms with Crippen LogP contribution in [0.1, 0.15) is 36.2 Å². The van der Waals surface area contributed by atoms with E-state index < -0.39 is 46.8 Å². The van der Waals surface area contributed by atoms with Gasteiger partial charge in [-0.25, -0.2) is 4.79 Å². The van der Waals surface area contributed by atoms with E-state index in [0.29, 0.717) is 12.5 Å². The van der Waals surface area contributed by atoms with Crippen LogP contribution in [0.5, 0.6) is 11.5 Å². The van der Waals surface area contributed by atoms with Gasteiger partial charge in [-0.2, -0.15) is 13.2 Å². The molecule has 2 rings (SSSR count). The normalized spacial score (nSPS) is 12.2. The van der Waals surface area contributed by atoms with Crippen molar-refractivity contribution in [3.05, 3.63) is 62.7 Å². The number of alkyl halides is 3. The van der Waals surface area contributed by atoms with E-state index in [4.69, 9.17) is 25.8 Å². The van der Waals surface area contributed by atoms with Crippen LogP contribution in [0.3, 0.4) is 0 Å². The summed E-state index contributed by atoms with van der Waals surface area (Å²) >= 11 is 5.86. The molecule has 12 heteroatoms. The molecular formula is C21H19ClF3NO7. The Kier molecular flexibility index (Phi) is 8.77. The fourth-order valence-electron chi connectivity index (χ4n) is 2.51. The van der Waals surface area contributed by atoms with Gasteiger partial charge in [-0.3, -0.25) is 14.9 Å². The SMILES string of the molecule is CCCOC(=O)C(C)OCC(=O)c1cc(Oc2ccc(C(F)(F)F)cc2Cl)ccc1[N+](=O)[O-]. The molecule has 0 aliphatic heterocycles. The van der Waals surface area contributed by atoms with E-state index in [2.05, 4.69) is 0 Å². The maximum atomic E-state index is 12.8. The molecule has 0 saturated carbocycles. The molecule has 2 aromatic rings. The van der Waals surface area contributed by atoms with Crippen LogP contribution in [0.25, 0.3) is 0 Å². The van der Waals surface area contributed by atoms with E-state index in [1.54, 1.807) is 6.92 Å². The Bertz CT molecular complexity index is 1040. The molecule has 1 unspecified atom stereocenters. The van der Waals surface area contributed by atoms with Crippen LogP contribution in [0.2, 0.25) is 5.02 Å². The van der Waals surface area contributed by atoms with Crippen molar-refractivity contribution < 1.29 is 41.9 Å². The summed E-state index contributed by atoms with van der Waals surface area (Å²) in [6, 6.07) is 5.61. The van der Waals surface area contributed by atoms with E-state index in [-0.39, 0.29) is 28.7 Å². The number of rotatable bonds is 10. The number of halogens is 4. The first-order chi connectivity index (χ1) is 15.4. The van der Waals surface area contributed by atoms with Crippen LogP contribution in [0, 0.1) is 10.1 Å². The maximum Gasteiger partial charge on any atom is 0.416 e. The Morgan fingerprint density at radius 3 is 2.45 bits per heavy atom. The Balaban J connectivity index is 2.21. The lowest BCUT2D eigenvalue weighted by Gasteiger charge is -2.13. The first-order valence-electron chi connectivity index (χ1n) is 9.58. The number of esters is 1. The second-order valence-corrected chi connectivity index (χ2v) is 7.13. The number of hydrogen-bond acceptors (Lipinski definition) is 7. The second kappa shape index (κ2) is 11.1. The zero-order chi connectivity index (χ0) is 24.8. The van der Waals surface area contributed by atoms with Crippen LogP contribution < -0.4 is 4.74 Å². The predicted molar refractivity (Wildman–Crippen MR) is 111 cm³/mol. The fourth-order valence-corrected chi connectivity index (χ4v) is 2.73. The van der Waals surface area contributed by atoms with Crippen LogP contribution in [0.15, 0.2) is 36.4 Å². The summed E-state index contributed by atoms with van der Waals surface area (Å²) in [6.07, 6.45) is -5.08. The van der Waals surface area contributed by atoms with Crippen molar-refractivity contribution in [1.82, 2.24) is 0 Å². The Morgan fingerprint density at radius 2 is 1.88 bits per heavy atom. The monoisotopic (exact) mass is 489 g/mol. The topological polar surface area (TPSA) is 105 Å². The molecule has 0 aliphatic carbocycles. The second-order valence-electron chi connectivity index (χ2n) is 6.72. The largest absolute Gasteiger partial charge is 0.464 e. The van der Waals surface area contributed by atoms with Gasteiger partial charge in [0.05, 0.1) is 22.1 Å². The van der Waals surface area contributed by atoms with Gasteiger partial charge in [0.25, 0.3) is 5.69 Å². The average molecular weight is 490 g/mol. The number of Topliss-reactive ketones (excluding diaryl/α,β-unsaturated/α-hetero) is 1. The minimum atomic E-state index is -4.60. The van der Waals surface area contributed by atoms with Gasteiger partial charge >= 0.3 is 12.1 Å². The zero-order valence-corrected chi connectivity index (χ0v) is 18.2. The molecule has 0 amide bonds. The van der Waals surface area contributed by atoms with Crippen molar-refractivity contribution in [1.29, 1.82) is 0 Å². The molecule has 1 atom stereocenters. The van der Waals surface area contributed by atoms with Crippen molar-refractivity contribution in [2.24, 2.45) is 0 Å². The molecular weight excluding hydrogens is 471 g/mol. The molecule has 178 valence electrons. The third-order valence-electron chi connectivity index (χ3n) is 4.20. The summed E-state index contributed by atoms with van der Waals surface area (Å²) in [5, 5.41) is 11.0. The molecule has 0 bridgehead atoms. The average Bonchev–Trinajstić information content (AvgIpc) is 2.75. The van der Waals surface area contributed by atoms with Crippen molar-refractivity contribution in [2.75, 3.05) is 13.2 Å². The standard InChI is InChI=1S/C21H19ClF3NO7/c1-3-8-31-20(28)12(2)32-11-18(27)15-10-14(5-6-17(15)26(29)30)33-19-7-4-13(9-16(19)22)21(23,24)25/h4-7,9-10,12H,3,8,11H2,1-2H3. The smallest absolute Gasteiger partial charge is 0.416 e. The van der Waals surface area contributed by atoms with E-state index in [9.17, 15) is 32.9 Å². The van der Waals surface area contributed by atoms with Crippen molar-refractivity contribution in [2.45, 2.75) is 32.5 Å². The van der Waals surface area contributed by atoms with Crippen LogP contribution in [-0.4, -0.2) is 36.0 Å². The number of nitro benzene ring substituents is 1. The van der Waals surface area contributed by atoms with Gasteiger partial charge in [0, 0.05) is 6.07 Å². The van der Waals surface area contributed by atoms with Gasteiger partial charge in [-0.05, 0) is 43.7 Å². The summed E-state index contributed by atoms with van der Waals surface area (Å²) in [4.78, 5) is 34.8. The molecule has 0 heterocycles. The molecule has 0 N–H and O–H groups in total. The predicted octanol–water partition coefficient (Wildman–Crippen LogP) is 5.60. The lowest BCUT2D eigenvalue weighted by Crippen LogP contribution is -2.26. The highest BCUT2D eigenvalue weighted by Gasteiger charge is 2.31. The number of ketones is 1. The maximum absolute atomic E-state index is 12.8. The van der Waals surface area contributed by atoms with Crippen molar-refractivity contribution in [3.8, 4) is 11.5 Å². The van der Waals surface area contributed by atoms with Gasteiger partial charge in [0.15, 0.2) is 11.9 Å². The molecule has 0 radical (unpaired) electrons. The quantitative estimate of drug-likeness (QED) is 0.185. The van der Waals surface area contributed by atoms with Gasteiger partial charge in [-0.1, -0.05) is 18.5 Å². The van der Waals surface area contributed by atoms with E-state index in [0.717, 1.165) is 30.3 Å². The Labute approximate surface area is 191 Å². The summed E-state index contributed by atoms with van der Waals surface area (Å²) in [6.45, 7) is 2.69. The van der Waals surface area contributed by atoms with Crippen molar-refractivity contribution in [3.63, 3.8) is 0 Å². The van der Waals surface area contributed by atoms with Crippen LogP contribution in [0.4, 0.5) is 18.9 Å². The molecule has 8 nitrogen and oxygen atoms in total. The van der Waals surface area contributed by atoms with Crippen LogP contribution in [-0.2, 0) is 20.4 Å². The summed E-state index contributed by atoms with van der Waals surface area (Å²) < 4.78 is 53.8. The number of benzene rings is 2. The number of carbonyl (C=O) groups excluding carboxylic acids is 2. The number of hydrogen-bond donors (Lipinski definition) is 0. The molecule has 0 aliphatic rings. The van der Waals surface area contributed by atoms with Crippen molar-refractivity contribution >= 4 is 29.0 Å². The van der Waals surface area contributed by atoms with E-state index in [1.165, 1.54) is 6.92 Å². The first kappa shape index (κ1) is 26.1. The first-order valence-corrected chi connectivity index (χ1v) is 9.96. The highest BCUT2D eigenvalue weighted by atomic mass is 35.5.